The van der Waals surface area contributed by atoms with Gasteiger partial charge in [0.2, 0.25) is 5.91 Å². The third kappa shape index (κ3) is 5.86. The van der Waals surface area contributed by atoms with Crippen molar-refractivity contribution >= 4 is 40.5 Å². The summed E-state index contributed by atoms with van der Waals surface area (Å²) in [5, 5.41) is 8.39. The van der Waals surface area contributed by atoms with E-state index >= 15 is 0 Å². The molecule has 0 bridgehead atoms. The van der Waals surface area contributed by atoms with Gasteiger partial charge in [-0.3, -0.25) is 9.59 Å². The Balaban J connectivity index is 1.96. The fourth-order valence-electron chi connectivity index (χ4n) is 2.07. The number of hydrogen-bond donors (Lipinski definition) is 3. The van der Waals surface area contributed by atoms with Crippen LogP contribution in [0.3, 0.4) is 0 Å². The molecule has 0 saturated heterocycles. The molecule has 3 N–H and O–H groups in total. The van der Waals surface area contributed by atoms with Crippen molar-refractivity contribution < 1.29 is 14.3 Å². The maximum Gasteiger partial charge on any atom is 0.267 e. The predicted molar refractivity (Wildman–Crippen MR) is 106 cm³/mol. The SMILES string of the molecule is CC(=O)NC(=S)Nc1ccc(NC(=O)C(C)(C)Oc2ccccc2)cc1. The van der Waals surface area contributed by atoms with E-state index < -0.39 is 5.60 Å². The standard InChI is InChI=1S/C19H21N3O3S/c1-13(23)20-18(26)22-15-11-9-14(10-12-15)21-17(24)19(2,3)25-16-7-5-4-6-8-16/h4-12H,1-3H3,(H,21,24)(H2,20,22,23,26). The molecule has 0 saturated carbocycles. The first-order valence-corrected chi connectivity index (χ1v) is 8.41. The monoisotopic (exact) mass is 371 g/mol. The molecular weight excluding hydrogens is 350 g/mol. The fourth-order valence-corrected chi connectivity index (χ4v) is 2.33. The van der Waals surface area contributed by atoms with Gasteiger partial charge in [-0.1, -0.05) is 18.2 Å². The van der Waals surface area contributed by atoms with Crippen LogP contribution in [0.2, 0.25) is 0 Å². The highest BCUT2D eigenvalue weighted by atomic mass is 32.1. The number of anilines is 2. The van der Waals surface area contributed by atoms with Gasteiger partial charge < -0.3 is 20.7 Å². The summed E-state index contributed by atoms with van der Waals surface area (Å²) in [6, 6.07) is 16.1. The summed E-state index contributed by atoms with van der Waals surface area (Å²) < 4.78 is 5.77. The maximum atomic E-state index is 12.5. The van der Waals surface area contributed by atoms with Gasteiger partial charge in [-0.2, -0.15) is 0 Å². The van der Waals surface area contributed by atoms with E-state index in [4.69, 9.17) is 17.0 Å². The van der Waals surface area contributed by atoms with E-state index in [1.807, 2.05) is 18.2 Å². The van der Waals surface area contributed by atoms with Crippen LogP contribution in [0.15, 0.2) is 54.6 Å². The van der Waals surface area contributed by atoms with E-state index in [2.05, 4.69) is 16.0 Å². The van der Waals surface area contributed by atoms with Crippen molar-refractivity contribution in [3.63, 3.8) is 0 Å². The van der Waals surface area contributed by atoms with Gasteiger partial charge >= 0.3 is 0 Å². The number of benzene rings is 2. The smallest absolute Gasteiger partial charge is 0.267 e. The molecular formula is C19H21N3O3S. The van der Waals surface area contributed by atoms with Gasteiger partial charge in [-0.15, -0.1) is 0 Å². The molecule has 26 heavy (non-hydrogen) atoms. The number of carbonyl (C=O) groups is 2. The van der Waals surface area contributed by atoms with Crippen molar-refractivity contribution in [1.29, 1.82) is 0 Å². The van der Waals surface area contributed by atoms with Crippen LogP contribution in [0.25, 0.3) is 0 Å². The number of thiocarbonyl (C=S) groups is 1. The second kappa shape index (κ2) is 8.44. The van der Waals surface area contributed by atoms with Crippen molar-refractivity contribution in [2.24, 2.45) is 0 Å². The van der Waals surface area contributed by atoms with E-state index in [0.717, 1.165) is 0 Å². The van der Waals surface area contributed by atoms with Crippen LogP contribution in [-0.4, -0.2) is 22.5 Å². The van der Waals surface area contributed by atoms with Crippen LogP contribution in [0, 0.1) is 0 Å². The van der Waals surface area contributed by atoms with Gasteiger partial charge in [-0.25, -0.2) is 0 Å². The van der Waals surface area contributed by atoms with Gasteiger partial charge in [0.15, 0.2) is 10.7 Å². The first-order valence-electron chi connectivity index (χ1n) is 8.00. The molecule has 0 aliphatic rings. The minimum absolute atomic E-state index is 0.215. The molecule has 7 heteroatoms. The van der Waals surface area contributed by atoms with Crippen LogP contribution in [0.5, 0.6) is 5.75 Å². The number of amides is 2. The van der Waals surface area contributed by atoms with Crippen molar-refractivity contribution in [2.75, 3.05) is 10.6 Å². The number of hydrogen-bond acceptors (Lipinski definition) is 4. The quantitative estimate of drug-likeness (QED) is 0.703. The van der Waals surface area contributed by atoms with Crippen molar-refractivity contribution in [3.05, 3.63) is 54.6 Å². The van der Waals surface area contributed by atoms with Crippen LogP contribution in [0.1, 0.15) is 20.8 Å². The average molecular weight is 371 g/mol. The highest BCUT2D eigenvalue weighted by Crippen LogP contribution is 2.20. The minimum Gasteiger partial charge on any atom is -0.478 e. The topological polar surface area (TPSA) is 79.5 Å². The Labute approximate surface area is 157 Å². The van der Waals surface area contributed by atoms with Crippen molar-refractivity contribution in [3.8, 4) is 5.75 Å². The molecule has 0 unspecified atom stereocenters. The largest absolute Gasteiger partial charge is 0.478 e. The lowest BCUT2D eigenvalue weighted by Crippen LogP contribution is -2.42. The Morgan fingerprint density at radius 2 is 1.46 bits per heavy atom. The molecule has 0 atom stereocenters. The lowest BCUT2D eigenvalue weighted by molar-refractivity contribution is -0.128. The Morgan fingerprint density at radius 1 is 0.923 bits per heavy atom. The summed E-state index contributed by atoms with van der Waals surface area (Å²) in [6.45, 7) is 4.79. The molecule has 6 nitrogen and oxygen atoms in total. The number of para-hydroxylation sites is 1. The minimum atomic E-state index is -1.04. The average Bonchev–Trinajstić information content (AvgIpc) is 2.56. The normalized spacial score (nSPS) is 10.6. The summed E-state index contributed by atoms with van der Waals surface area (Å²) in [4.78, 5) is 23.4. The van der Waals surface area contributed by atoms with Gasteiger partial charge in [-0.05, 0) is 62.5 Å². The van der Waals surface area contributed by atoms with Gasteiger partial charge in [0.1, 0.15) is 5.75 Å². The van der Waals surface area contributed by atoms with Crippen LogP contribution in [0.4, 0.5) is 11.4 Å². The first-order chi connectivity index (χ1) is 12.3. The molecule has 2 amide bonds. The Kier molecular flexibility index (Phi) is 6.30. The third-order valence-electron chi connectivity index (χ3n) is 3.35. The zero-order valence-electron chi connectivity index (χ0n) is 14.8. The second-order valence-electron chi connectivity index (χ2n) is 6.09. The molecule has 2 rings (SSSR count). The van der Waals surface area contributed by atoms with E-state index in [1.165, 1.54) is 6.92 Å². The Morgan fingerprint density at radius 3 is 2.00 bits per heavy atom. The van der Waals surface area contributed by atoms with Crippen molar-refractivity contribution in [2.45, 2.75) is 26.4 Å². The van der Waals surface area contributed by atoms with E-state index in [1.54, 1.807) is 50.2 Å². The number of nitrogens with one attached hydrogen (secondary N) is 3. The van der Waals surface area contributed by atoms with E-state index in [-0.39, 0.29) is 16.9 Å². The van der Waals surface area contributed by atoms with E-state index in [9.17, 15) is 9.59 Å². The van der Waals surface area contributed by atoms with Crippen LogP contribution < -0.4 is 20.7 Å². The highest BCUT2D eigenvalue weighted by molar-refractivity contribution is 7.80. The molecule has 0 aromatic heterocycles. The maximum absolute atomic E-state index is 12.5. The third-order valence-corrected chi connectivity index (χ3v) is 3.56. The molecule has 0 spiro atoms. The Bertz CT molecular complexity index is 789. The highest BCUT2D eigenvalue weighted by Gasteiger charge is 2.30. The summed E-state index contributed by atoms with van der Waals surface area (Å²) in [7, 11) is 0. The molecule has 0 fully saturated rings. The molecule has 136 valence electrons. The molecule has 0 aliphatic carbocycles. The number of ether oxygens (including phenoxy) is 1. The number of rotatable bonds is 5. The first kappa shape index (κ1) is 19.4. The number of carbonyl (C=O) groups excluding carboxylic acids is 2. The molecule has 2 aromatic rings. The zero-order chi connectivity index (χ0) is 19.2. The molecule has 0 heterocycles. The summed E-state index contributed by atoms with van der Waals surface area (Å²) >= 11 is 5.00. The van der Waals surface area contributed by atoms with Crippen LogP contribution in [-0.2, 0) is 9.59 Å². The van der Waals surface area contributed by atoms with Crippen molar-refractivity contribution in [1.82, 2.24) is 5.32 Å². The summed E-state index contributed by atoms with van der Waals surface area (Å²) in [5.74, 6) is 0.113. The lowest BCUT2D eigenvalue weighted by atomic mass is 10.1. The van der Waals surface area contributed by atoms with Gasteiger partial charge in [0.25, 0.3) is 5.91 Å². The zero-order valence-corrected chi connectivity index (χ0v) is 15.6. The summed E-state index contributed by atoms with van der Waals surface area (Å²) in [6.07, 6.45) is 0. The summed E-state index contributed by atoms with van der Waals surface area (Å²) in [5.41, 5.74) is 0.280. The lowest BCUT2D eigenvalue weighted by Gasteiger charge is -2.25. The molecule has 0 radical (unpaired) electrons. The van der Waals surface area contributed by atoms with Crippen LogP contribution >= 0.6 is 12.2 Å². The second-order valence-corrected chi connectivity index (χ2v) is 6.50. The van der Waals surface area contributed by atoms with Gasteiger partial charge in [0.05, 0.1) is 0 Å². The fraction of sp³-hybridized carbons (Fsp3) is 0.211. The Hall–Kier alpha value is -2.93. The predicted octanol–water partition coefficient (Wildman–Crippen LogP) is 3.32. The molecule has 0 aliphatic heterocycles. The van der Waals surface area contributed by atoms with E-state index in [0.29, 0.717) is 17.1 Å². The molecule has 2 aromatic carbocycles. The van der Waals surface area contributed by atoms with Gasteiger partial charge in [0, 0.05) is 18.3 Å².